The lowest BCUT2D eigenvalue weighted by atomic mass is 10.0. The number of hydrogen-bond donors (Lipinski definition) is 0. The average Bonchev–Trinajstić information content (AvgIpc) is 3.23. The van der Waals surface area contributed by atoms with Crippen LogP contribution >= 0.6 is 0 Å². The Morgan fingerprint density at radius 2 is 1.09 bits per heavy atom. The van der Waals surface area contributed by atoms with Crippen LogP contribution in [0.5, 0.6) is 0 Å². The molecule has 7 nitrogen and oxygen atoms in total. The van der Waals surface area contributed by atoms with Gasteiger partial charge in [-0.25, -0.2) is 19.9 Å². The van der Waals surface area contributed by atoms with Crippen molar-refractivity contribution in [2.45, 2.75) is 12.8 Å². The fraction of sp³-hybridized carbons (Fsp3) is 0.0435. The molecule has 0 saturated carbocycles. The highest BCUT2D eigenvalue weighted by molar-refractivity contribution is 6.01. The smallest absolute Gasteiger partial charge is 0.235 e. The molecule has 7 heteroatoms. The molecule has 0 amide bonds. The van der Waals surface area contributed by atoms with Gasteiger partial charge in [-0.3, -0.25) is 9.80 Å². The molecule has 6 aromatic carbocycles. The summed E-state index contributed by atoms with van der Waals surface area (Å²) in [6.07, 6.45) is 10.0. The maximum atomic E-state index is 5.16. The maximum absolute atomic E-state index is 5.16. The van der Waals surface area contributed by atoms with Crippen molar-refractivity contribution in [3.05, 3.63) is 181 Å². The zero-order valence-electron chi connectivity index (χ0n) is 28.8. The fourth-order valence-corrected chi connectivity index (χ4v) is 7.37. The minimum atomic E-state index is 0.587. The first-order valence-corrected chi connectivity index (χ1v) is 17.9. The summed E-state index contributed by atoms with van der Waals surface area (Å²) in [6, 6.07) is 52.8. The summed E-state index contributed by atoms with van der Waals surface area (Å²) in [6.45, 7) is 0. The molecule has 0 radical (unpaired) electrons. The number of hydrogen-bond acceptors (Lipinski definition) is 7. The van der Waals surface area contributed by atoms with Crippen molar-refractivity contribution in [1.29, 1.82) is 0 Å². The molecule has 0 atom stereocenters. The van der Waals surface area contributed by atoms with Crippen LogP contribution in [0.2, 0.25) is 0 Å². The summed E-state index contributed by atoms with van der Waals surface area (Å²) in [4.78, 5) is 26.8. The summed E-state index contributed by atoms with van der Waals surface area (Å²) >= 11 is 0. The SMILES string of the molecule is C1=Cc2cnc(N3c4ccccc4N(c4ncc5ccccc5n4)c4cc(N(c5ccccc5)c5ccc(-c6ccccc6)cc5)ccc43)nc2CC1. The van der Waals surface area contributed by atoms with Gasteiger partial charge in [0.15, 0.2) is 0 Å². The number of aromatic nitrogens is 4. The number of benzene rings is 6. The quantitative estimate of drug-likeness (QED) is 0.173. The van der Waals surface area contributed by atoms with Gasteiger partial charge in [-0.05, 0) is 84.6 Å². The summed E-state index contributed by atoms with van der Waals surface area (Å²) < 4.78 is 0. The zero-order chi connectivity index (χ0) is 35.1. The molecule has 0 unspecified atom stereocenters. The van der Waals surface area contributed by atoms with Crippen LogP contribution in [0.3, 0.4) is 0 Å². The van der Waals surface area contributed by atoms with E-state index in [0.29, 0.717) is 11.9 Å². The number of nitrogens with zero attached hydrogens (tertiary/aromatic N) is 7. The monoisotopic (exact) mass is 683 g/mol. The highest BCUT2D eigenvalue weighted by Gasteiger charge is 2.34. The second-order valence-corrected chi connectivity index (χ2v) is 13.2. The Kier molecular flexibility index (Phi) is 7.46. The van der Waals surface area contributed by atoms with E-state index in [1.54, 1.807) is 0 Å². The lowest BCUT2D eigenvalue weighted by molar-refractivity contribution is 0.899. The van der Waals surface area contributed by atoms with E-state index in [1.165, 1.54) is 11.1 Å². The van der Waals surface area contributed by atoms with Gasteiger partial charge in [-0.2, -0.15) is 0 Å². The zero-order valence-corrected chi connectivity index (χ0v) is 28.8. The van der Waals surface area contributed by atoms with Gasteiger partial charge in [-0.1, -0.05) is 103 Å². The van der Waals surface area contributed by atoms with Gasteiger partial charge in [-0.15, -0.1) is 0 Å². The Balaban J connectivity index is 1.18. The van der Waals surface area contributed by atoms with Crippen molar-refractivity contribution < 1.29 is 0 Å². The van der Waals surface area contributed by atoms with Crippen LogP contribution < -0.4 is 14.7 Å². The highest BCUT2D eigenvalue weighted by atomic mass is 15.4. The Hall–Kier alpha value is -7.12. The van der Waals surface area contributed by atoms with Gasteiger partial charge in [0.1, 0.15) is 0 Å². The molecule has 1 aliphatic heterocycles. The van der Waals surface area contributed by atoms with Crippen molar-refractivity contribution in [1.82, 2.24) is 19.9 Å². The predicted molar refractivity (Wildman–Crippen MR) is 216 cm³/mol. The van der Waals surface area contributed by atoms with Crippen LogP contribution in [0.15, 0.2) is 170 Å². The number of allylic oxidation sites excluding steroid dienone is 1. The van der Waals surface area contributed by atoms with Crippen LogP contribution in [-0.4, -0.2) is 19.9 Å². The van der Waals surface area contributed by atoms with E-state index in [2.05, 4.69) is 148 Å². The minimum absolute atomic E-state index is 0.587. The van der Waals surface area contributed by atoms with Gasteiger partial charge in [0.05, 0.1) is 34.0 Å². The van der Waals surface area contributed by atoms with E-state index in [-0.39, 0.29) is 0 Å². The number of para-hydroxylation sites is 4. The molecule has 252 valence electrons. The molecule has 1 aliphatic carbocycles. The van der Waals surface area contributed by atoms with E-state index >= 15 is 0 Å². The molecule has 2 aromatic heterocycles. The van der Waals surface area contributed by atoms with Crippen molar-refractivity contribution >= 4 is 68.7 Å². The van der Waals surface area contributed by atoms with Crippen LogP contribution in [-0.2, 0) is 6.42 Å². The van der Waals surface area contributed by atoms with E-state index in [4.69, 9.17) is 19.9 Å². The predicted octanol–water partition coefficient (Wildman–Crippen LogP) is 11.8. The third-order valence-corrected chi connectivity index (χ3v) is 9.92. The molecule has 0 saturated heterocycles. The molecule has 0 spiro atoms. The van der Waals surface area contributed by atoms with E-state index < -0.39 is 0 Å². The Bertz CT molecular complexity index is 2640. The molecule has 0 N–H and O–H groups in total. The third-order valence-electron chi connectivity index (χ3n) is 9.92. The van der Waals surface area contributed by atoms with Crippen LogP contribution in [0.1, 0.15) is 17.7 Å². The van der Waals surface area contributed by atoms with Crippen LogP contribution in [0.4, 0.5) is 51.7 Å². The van der Waals surface area contributed by atoms with E-state index in [0.717, 1.165) is 74.8 Å². The summed E-state index contributed by atoms with van der Waals surface area (Å²) in [7, 11) is 0. The number of aryl methyl sites for hydroxylation is 1. The van der Waals surface area contributed by atoms with Crippen LogP contribution in [0.25, 0.3) is 28.1 Å². The van der Waals surface area contributed by atoms with E-state index in [9.17, 15) is 0 Å². The van der Waals surface area contributed by atoms with Crippen molar-refractivity contribution in [2.24, 2.45) is 0 Å². The molecule has 8 aromatic rings. The third kappa shape index (κ3) is 5.47. The summed E-state index contributed by atoms with van der Waals surface area (Å²) in [5.41, 5.74) is 12.2. The molecular weight excluding hydrogens is 651 g/mol. The number of anilines is 9. The van der Waals surface area contributed by atoms with Crippen molar-refractivity contribution in [3.8, 4) is 11.1 Å². The number of fused-ring (bicyclic) bond motifs is 4. The second-order valence-electron chi connectivity index (χ2n) is 13.2. The van der Waals surface area contributed by atoms with Crippen molar-refractivity contribution in [2.75, 3.05) is 14.7 Å². The van der Waals surface area contributed by atoms with Gasteiger partial charge in [0.25, 0.3) is 0 Å². The summed E-state index contributed by atoms with van der Waals surface area (Å²) in [5.74, 6) is 1.22. The molecular formula is C46H33N7. The largest absolute Gasteiger partial charge is 0.310 e. The van der Waals surface area contributed by atoms with Crippen molar-refractivity contribution in [3.63, 3.8) is 0 Å². The molecule has 0 fully saturated rings. The minimum Gasteiger partial charge on any atom is -0.310 e. The maximum Gasteiger partial charge on any atom is 0.235 e. The first-order valence-electron chi connectivity index (χ1n) is 17.9. The molecule has 0 bridgehead atoms. The van der Waals surface area contributed by atoms with Gasteiger partial charge >= 0.3 is 0 Å². The Labute approximate surface area is 307 Å². The first kappa shape index (κ1) is 30.7. The molecule has 10 rings (SSSR count). The average molecular weight is 684 g/mol. The topological polar surface area (TPSA) is 61.3 Å². The summed E-state index contributed by atoms with van der Waals surface area (Å²) in [5, 5.41) is 0.989. The Morgan fingerprint density at radius 3 is 1.91 bits per heavy atom. The molecule has 3 heterocycles. The lowest BCUT2D eigenvalue weighted by Gasteiger charge is -2.39. The van der Waals surface area contributed by atoms with Crippen LogP contribution in [0, 0.1) is 0 Å². The molecule has 53 heavy (non-hydrogen) atoms. The highest BCUT2D eigenvalue weighted by Crippen LogP contribution is 2.54. The van der Waals surface area contributed by atoms with Gasteiger partial charge < -0.3 is 4.90 Å². The van der Waals surface area contributed by atoms with Gasteiger partial charge in [0.2, 0.25) is 11.9 Å². The fourth-order valence-electron chi connectivity index (χ4n) is 7.37. The molecule has 2 aliphatic rings. The lowest BCUT2D eigenvalue weighted by Crippen LogP contribution is -2.27. The Morgan fingerprint density at radius 1 is 0.491 bits per heavy atom. The second kappa shape index (κ2) is 12.9. The van der Waals surface area contributed by atoms with E-state index in [1.807, 2.05) is 42.7 Å². The normalized spacial score (nSPS) is 13.0. The standard InChI is InChI=1S/C46H33N7/c1-3-13-32(14-4-1)33-23-25-37(26-24-33)51(36-17-5-2-6-18-36)38-27-28-43-44(29-38)53(46-48-31-35-16-8-10-20-40(35)50-46)42-22-12-11-21-41(42)52(43)45-47-30-34-15-7-9-19-39(34)49-45/h1-8,10-18,20-31H,9,19H2. The first-order chi connectivity index (χ1) is 26.3. The van der Waals surface area contributed by atoms with Gasteiger partial charge in [0, 0.05) is 40.4 Å². The number of rotatable bonds is 6.